The Morgan fingerprint density at radius 1 is 1.32 bits per heavy atom. The largest absolute Gasteiger partial charge is 0.463 e. The van der Waals surface area contributed by atoms with Crippen LogP contribution < -0.4 is 4.90 Å². The van der Waals surface area contributed by atoms with E-state index in [0.717, 1.165) is 15.4 Å². The average Bonchev–Trinajstić information content (AvgIpc) is 2.79. The fourth-order valence-corrected chi connectivity index (χ4v) is 2.74. The normalized spacial score (nSPS) is 10.5. The highest BCUT2D eigenvalue weighted by molar-refractivity contribution is 7.22. The van der Waals surface area contributed by atoms with Crippen LogP contribution in [0.15, 0.2) is 12.1 Å². The summed E-state index contributed by atoms with van der Waals surface area (Å²) in [6, 6.07) is 3.62. The minimum Gasteiger partial charge on any atom is -0.463 e. The number of carbonyl (C=O) groups is 2. The van der Waals surface area contributed by atoms with Crippen LogP contribution in [0.5, 0.6) is 0 Å². The van der Waals surface area contributed by atoms with Crippen molar-refractivity contribution in [2.75, 3.05) is 26.1 Å². The molecule has 0 aliphatic heterocycles. The quantitative estimate of drug-likeness (QED) is 0.488. The number of rotatable bonds is 3. The molecule has 0 amide bonds. The Balaban J connectivity index is 2.65. The Kier molecular flexibility index (Phi) is 3.53. The number of hydrogen-bond acceptors (Lipinski definition) is 6. The molecule has 19 heavy (non-hydrogen) atoms. The number of aromatic nitrogens is 1. The van der Waals surface area contributed by atoms with Crippen molar-refractivity contribution in [3.63, 3.8) is 0 Å². The Labute approximate surface area is 114 Å². The maximum Gasteiger partial charge on any atom is 0.379 e. The number of anilines is 1. The first-order chi connectivity index (χ1) is 8.93. The maximum absolute atomic E-state index is 12.0. The summed E-state index contributed by atoms with van der Waals surface area (Å²) in [5, 5.41) is 0.791. The number of nitrogens with zero attached hydrogens (tertiary/aromatic N) is 2. The number of carbonyl (C=O) groups excluding carboxylic acids is 2. The lowest BCUT2D eigenvalue weighted by Gasteiger charge is -2.05. The van der Waals surface area contributed by atoms with Gasteiger partial charge >= 0.3 is 5.97 Å². The summed E-state index contributed by atoms with van der Waals surface area (Å²) in [6.45, 7) is 1.88. The molecule has 1 heterocycles. The molecule has 0 N–H and O–H groups in total. The molecule has 100 valence electrons. The number of methoxy groups -OCH3 is 1. The van der Waals surface area contributed by atoms with Crippen LogP contribution in [-0.4, -0.2) is 37.9 Å². The topological polar surface area (TPSA) is 59.5 Å². The zero-order valence-electron chi connectivity index (χ0n) is 11.2. The maximum atomic E-state index is 12.0. The van der Waals surface area contributed by atoms with Crippen molar-refractivity contribution in [2.45, 2.75) is 6.92 Å². The smallest absolute Gasteiger partial charge is 0.379 e. The molecule has 0 bridgehead atoms. The molecule has 0 aliphatic carbocycles. The van der Waals surface area contributed by atoms with E-state index >= 15 is 0 Å². The first kappa shape index (κ1) is 13.5. The van der Waals surface area contributed by atoms with E-state index in [1.165, 1.54) is 18.4 Å². The van der Waals surface area contributed by atoms with Crippen molar-refractivity contribution >= 4 is 38.4 Å². The van der Waals surface area contributed by atoms with Gasteiger partial charge in [-0.05, 0) is 24.6 Å². The second-order valence-electron chi connectivity index (χ2n) is 4.37. The van der Waals surface area contributed by atoms with E-state index in [4.69, 9.17) is 0 Å². The Hall–Kier alpha value is -1.95. The van der Waals surface area contributed by atoms with Gasteiger partial charge in [-0.25, -0.2) is 9.78 Å². The van der Waals surface area contributed by atoms with Crippen LogP contribution >= 0.6 is 11.3 Å². The molecule has 0 atom stereocenters. The van der Waals surface area contributed by atoms with Gasteiger partial charge in [-0.2, -0.15) is 0 Å². The van der Waals surface area contributed by atoms with E-state index in [1.807, 2.05) is 32.0 Å². The average molecular weight is 278 g/mol. The summed E-state index contributed by atoms with van der Waals surface area (Å²) in [5.74, 6) is -1.53. The molecule has 0 radical (unpaired) electrons. The fourth-order valence-electron chi connectivity index (χ4n) is 1.72. The van der Waals surface area contributed by atoms with Crippen LogP contribution in [0.25, 0.3) is 10.2 Å². The summed E-state index contributed by atoms with van der Waals surface area (Å²) in [4.78, 5) is 29.7. The van der Waals surface area contributed by atoms with E-state index in [2.05, 4.69) is 9.72 Å². The molecule has 2 aromatic rings. The van der Waals surface area contributed by atoms with Crippen molar-refractivity contribution in [2.24, 2.45) is 0 Å². The molecule has 0 saturated carbocycles. The van der Waals surface area contributed by atoms with Gasteiger partial charge in [0.25, 0.3) is 5.78 Å². The zero-order chi connectivity index (χ0) is 14.2. The predicted octanol–water partition coefficient (Wildman–Crippen LogP) is 2.03. The van der Waals surface area contributed by atoms with Gasteiger partial charge in [0.2, 0.25) is 0 Å². The highest BCUT2D eigenvalue weighted by Crippen LogP contribution is 2.31. The van der Waals surface area contributed by atoms with Crippen molar-refractivity contribution in [3.8, 4) is 0 Å². The molecule has 1 aromatic heterocycles. The standard InChI is InChI=1S/C13H14N2O3S/c1-7-5-8(11(16)12(17)18-4)10-9(6-7)19-13(14-10)15(2)3/h5-6H,1-4H3. The number of fused-ring (bicyclic) bond motifs is 1. The van der Waals surface area contributed by atoms with Gasteiger partial charge in [-0.3, -0.25) is 4.79 Å². The Bertz CT molecular complexity index is 661. The Morgan fingerprint density at radius 3 is 2.58 bits per heavy atom. The summed E-state index contributed by atoms with van der Waals surface area (Å²) in [6.07, 6.45) is 0. The van der Waals surface area contributed by atoms with E-state index in [-0.39, 0.29) is 0 Å². The summed E-state index contributed by atoms with van der Waals surface area (Å²) >= 11 is 1.48. The summed E-state index contributed by atoms with van der Waals surface area (Å²) in [5.41, 5.74) is 1.76. The number of benzene rings is 1. The monoisotopic (exact) mass is 278 g/mol. The highest BCUT2D eigenvalue weighted by Gasteiger charge is 2.22. The van der Waals surface area contributed by atoms with E-state index in [0.29, 0.717) is 11.1 Å². The number of esters is 1. The SMILES string of the molecule is COC(=O)C(=O)c1cc(C)cc2sc(N(C)C)nc12. The molecule has 0 unspecified atom stereocenters. The number of hydrogen-bond donors (Lipinski definition) is 0. The second-order valence-corrected chi connectivity index (χ2v) is 5.38. The third-order valence-corrected chi connectivity index (χ3v) is 3.80. The predicted molar refractivity (Wildman–Crippen MR) is 75.0 cm³/mol. The molecule has 1 aromatic carbocycles. The van der Waals surface area contributed by atoms with E-state index in [9.17, 15) is 9.59 Å². The molecule has 0 aliphatic rings. The molecule has 0 fully saturated rings. The summed E-state index contributed by atoms with van der Waals surface area (Å²) in [7, 11) is 4.96. The lowest BCUT2D eigenvalue weighted by molar-refractivity contribution is -0.135. The molecule has 2 rings (SSSR count). The van der Waals surface area contributed by atoms with Crippen LogP contribution in [0.1, 0.15) is 15.9 Å². The van der Waals surface area contributed by atoms with Gasteiger partial charge in [0.05, 0.1) is 22.9 Å². The van der Waals surface area contributed by atoms with E-state index < -0.39 is 11.8 Å². The third-order valence-electron chi connectivity index (χ3n) is 2.63. The van der Waals surface area contributed by atoms with Gasteiger partial charge in [-0.15, -0.1) is 0 Å². The molecule has 0 spiro atoms. The number of aryl methyl sites for hydroxylation is 1. The van der Waals surface area contributed by atoms with Crippen LogP contribution in [0.3, 0.4) is 0 Å². The molecule has 6 heteroatoms. The minimum atomic E-state index is -0.869. The molecule has 5 nitrogen and oxygen atoms in total. The lowest BCUT2D eigenvalue weighted by Crippen LogP contribution is -2.16. The first-order valence-corrected chi connectivity index (χ1v) is 6.47. The van der Waals surface area contributed by atoms with Crippen molar-refractivity contribution in [1.29, 1.82) is 0 Å². The van der Waals surface area contributed by atoms with Crippen molar-refractivity contribution < 1.29 is 14.3 Å². The van der Waals surface area contributed by atoms with Crippen LogP contribution in [-0.2, 0) is 9.53 Å². The lowest BCUT2D eigenvalue weighted by atomic mass is 10.1. The molecular weight excluding hydrogens is 264 g/mol. The van der Waals surface area contributed by atoms with Gasteiger partial charge in [0.15, 0.2) is 5.13 Å². The van der Waals surface area contributed by atoms with Crippen LogP contribution in [0, 0.1) is 6.92 Å². The van der Waals surface area contributed by atoms with Gasteiger partial charge in [0.1, 0.15) is 0 Å². The first-order valence-electron chi connectivity index (χ1n) is 5.65. The second kappa shape index (κ2) is 4.97. The number of thiazole rings is 1. The molecular formula is C13H14N2O3S. The van der Waals surface area contributed by atoms with Crippen LogP contribution in [0.2, 0.25) is 0 Å². The minimum absolute atomic E-state index is 0.297. The van der Waals surface area contributed by atoms with Crippen molar-refractivity contribution in [3.05, 3.63) is 23.3 Å². The third kappa shape index (κ3) is 2.44. The highest BCUT2D eigenvalue weighted by atomic mass is 32.1. The Morgan fingerprint density at radius 2 is 2.00 bits per heavy atom. The summed E-state index contributed by atoms with van der Waals surface area (Å²) < 4.78 is 5.37. The van der Waals surface area contributed by atoms with Gasteiger partial charge < -0.3 is 9.64 Å². The van der Waals surface area contributed by atoms with Gasteiger partial charge in [-0.1, -0.05) is 11.3 Å². The fraction of sp³-hybridized carbons (Fsp3) is 0.308. The number of Topliss-reactive ketones (excluding diaryl/α,β-unsaturated/α-hetero) is 1. The number of ketones is 1. The van der Waals surface area contributed by atoms with Crippen LogP contribution in [0.4, 0.5) is 5.13 Å². The van der Waals surface area contributed by atoms with E-state index in [1.54, 1.807) is 6.07 Å². The zero-order valence-corrected chi connectivity index (χ0v) is 12.0. The number of ether oxygens (including phenoxy) is 1. The van der Waals surface area contributed by atoms with Gasteiger partial charge in [0, 0.05) is 14.1 Å². The molecule has 0 saturated heterocycles. The van der Waals surface area contributed by atoms with Crippen molar-refractivity contribution in [1.82, 2.24) is 4.98 Å².